The van der Waals surface area contributed by atoms with Crippen molar-refractivity contribution in [1.82, 2.24) is 4.57 Å². The molecule has 0 bridgehead atoms. The number of aromatic nitrogens is 1. The first-order chi connectivity index (χ1) is 9.16. The van der Waals surface area contributed by atoms with Crippen molar-refractivity contribution < 1.29 is 5.11 Å². The SMILES string of the molecule is CN(c1cn(C)c2ccccc12)C1CCC(O)CC1. The van der Waals surface area contributed by atoms with Crippen LogP contribution in [-0.2, 0) is 7.05 Å². The van der Waals surface area contributed by atoms with E-state index in [1.165, 1.54) is 16.6 Å². The Labute approximate surface area is 114 Å². The summed E-state index contributed by atoms with van der Waals surface area (Å²) in [6.45, 7) is 0. The van der Waals surface area contributed by atoms with Crippen molar-refractivity contribution in [3.05, 3.63) is 30.5 Å². The number of anilines is 1. The molecule has 1 aromatic carbocycles. The first kappa shape index (κ1) is 12.5. The Balaban J connectivity index is 1.91. The van der Waals surface area contributed by atoms with Gasteiger partial charge in [-0.15, -0.1) is 0 Å². The predicted molar refractivity (Wildman–Crippen MR) is 79.6 cm³/mol. The maximum Gasteiger partial charge on any atom is 0.0625 e. The highest BCUT2D eigenvalue weighted by Crippen LogP contribution is 2.32. The quantitative estimate of drug-likeness (QED) is 0.897. The molecule has 2 aromatic rings. The Kier molecular flexibility index (Phi) is 3.23. The van der Waals surface area contributed by atoms with E-state index < -0.39 is 0 Å². The summed E-state index contributed by atoms with van der Waals surface area (Å²) in [5.74, 6) is 0. The van der Waals surface area contributed by atoms with Gasteiger partial charge < -0.3 is 14.6 Å². The highest BCUT2D eigenvalue weighted by molar-refractivity contribution is 5.93. The van der Waals surface area contributed by atoms with E-state index in [-0.39, 0.29) is 6.10 Å². The minimum atomic E-state index is -0.0860. The van der Waals surface area contributed by atoms with E-state index in [4.69, 9.17) is 0 Å². The number of benzene rings is 1. The summed E-state index contributed by atoms with van der Waals surface area (Å²) < 4.78 is 2.19. The molecule has 0 radical (unpaired) electrons. The number of hydrogen-bond donors (Lipinski definition) is 1. The Morgan fingerprint density at radius 3 is 2.58 bits per heavy atom. The highest BCUT2D eigenvalue weighted by atomic mass is 16.3. The van der Waals surface area contributed by atoms with Gasteiger partial charge >= 0.3 is 0 Å². The second-order valence-corrected chi connectivity index (χ2v) is 5.72. The molecular formula is C16H22N2O. The van der Waals surface area contributed by atoms with Crippen molar-refractivity contribution in [3.63, 3.8) is 0 Å². The summed E-state index contributed by atoms with van der Waals surface area (Å²) in [7, 11) is 4.29. The fourth-order valence-corrected chi connectivity index (χ4v) is 3.24. The zero-order chi connectivity index (χ0) is 13.4. The van der Waals surface area contributed by atoms with Gasteiger partial charge in [0.1, 0.15) is 0 Å². The topological polar surface area (TPSA) is 28.4 Å². The van der Waals surface area contributed by atoms with Gasteiger partial charge in [0, 0.05) is 37.2 Å². The monoisotopic (exact) mass is 258 g/mol. The number of para-hydroxylation sites is 1. The second kappa shape index (κ2) is 4.89. The van der Waals surface area contributed by atoms with Gasteiger partial charge in [-0.25, -0.2) is 0 Å². The molecule has 1 heterocycles. The molecule has 0 spiro atoms. The molecule has 3 nitrogen and oxygen atoms in total. The van der Waals surface area contributed by atoms with Crippen molar-refractivity contribution in [2.75, 3.05) is 11.9 Å². The molecule has 1 fully saturated rings. The molecule has 0 aliphatic heterocycles. The fourth-order valence-electron chi connectivity index (χ4n) is 3.24. The number of aliphatic hydroxyl groups is 1. The molecule has 19 heavy (non-hydrogen) atoms. The average Bonchev–Trinajstić information content (AvgIpc) is 2.77. The number of nitrogens with zero attached hydrogens (tertiary/aromatic N) is 2. The minimum absolute atomic E-state index is 0.0860. The lowest BCUT2D eigenvalue weighted by molar-refractivity contribution is 0.122. The molecule has 1 aliphatic carbocycles. The molecule has 1 saturated carbocycles. The Morgan fingerprint density at radius 2 is 1.84 bits per heavy atom. The van der Waals surface area contributed by atoms with E-state index >= 15 is 0 Å². The van der Waals surface area contributed by atoms with E-state index in [0.717, 1.165) is 25.7 Å². The number of hydrogen-bond acceptors (Lipinski definition) is 2. The summed E-state index contributed by atoms with van der Waals surface area (Å²) in [5.41, 5.74) is 2.58. The zero-order valence-corrected chi connectivity index (χ0v) is 11.7. The number of fused-ring (bicyclic) bond motifs is 1. The van der Waals surface area contributed by atoms with Gasteiger partial charge in [-0.2, -0.15) is 0 Å². The number of aryl methyl sites for hydroxylation is 1. The zero-order valence-electron chi connectivity index (χ0n) is 11.7. The van der Waals surface area contributed by atoms with Gasteiger partial charge in [-0.1, -0.05) is 18.2 Å². The fraction of sp³-hybridized carbons (Fsp3) is 0.500. The van der Waals surface area contributed by atoms with Crippen LogP contribution in [-0.4, -0.2) is 28.9 Å². The van der Waals surface area contributed by atoms with Crippen molar-refractivity contribution in [2.45, 2.75) is 37.8 Å². The summed E-state index contributed by atoms with van der Waals surface area (Å²) >= 11 is 0. The van der Waals surface area contributed by atoms with Crippen molar-refractivity contribution in [3.8, 4) is 0 Å². The molecule has 3 heteroatoms. The van der Waals surface area contributed by atoms with Crippen LogP contribution >= 0.6 is 0 Å². The molecular weight excluding hydrogens is 236 g/mol. The van der Waals surface area contributed by atoms with Gasteiger partial charge in [0.05, 0.1) is 11.8 Å². The van der Waals surface area contributed by atoms with Crippen molar-refractivity contribution >= 4 is 16.6 Å². The molecule has 102 valence electrons. The van der Waals surface area contributed by atoms with Crippen LogP contribution in [0.5, 0.6) is 0 Å². The summed E-state index contributed by atoms with van der Waals surface area (Å²) in [6, 6.07) is 9.10. The van der Waals surface area contributed by atoms with Crippen LogP contribution in [0.2, 0.25) is 0 Å². The van der Waals surface area contributed by atoms with Crippen molar-refractivity contribution in [1.29, 1.82) is 0 Å². The largest absolute Gasteiger partial charge is 0.393 e. The lowest BCUT2D eigenvalue weighted by Crippen LogP contribution is -2.36. The standard InChI is InChI=1S/C16H22N2O/c1-17-11-16(14-5-3-4-6-15(14)17)18(2)12-7-9-13(19)10-8-12/h3-6,11-13,19H,7-10H2,1-2H3. The lowest BCUT2D eigenvalue weighted by Gasteiger charge is -2.34. The summed E-state index contributed by atoms with van der Waals surface area (Å²) in [6.07, 6.45) is 6.16. The summed E-state index contributed by atoms with van der Waals surface area (Å²) in [5, 5.41) is 11.0. The van der Waals surface area contributed by atoms with Crippen molar-refractivity contribution in [2.24, 2.45) is 7.05 Å². The van der Waals surface area contributed by atoms with Gasteiger partial charge in [0.2, 0.25) is 0 Å². The van der Waals surface area contributed by atoms with E-state index in [1.807, 2.05) is 0 Å². The van der Waals surface area contributed by atoms with Crippen LogP contribution < -0.4 is 4.90 Å². The lowest BCUT2D eigenvalue weighted by atomic mass is 9.92. The van der Waals surface area contributed by atoms with E-state index in [0.29, 0.717) is 6.04 Å². The first-order valence-corrected chi connectivity index (χ1v) is 7.12. The molecule has 1 aliphatic rings. The third-order valence-corrected chi connectivity index (χ3v) is 4.47. The molecule has 0 atom stereocenters. The maximum absolute atomic E-state index is 9.63. The third-order valence-electron chi connectivity index (χ3n) is 4.47. The van der Waals surface area contributed by atoms with Gasteiger partial charge in [0.15, 0.2) is 0 Å². The Bertz CT molecular complexity index is 567. The van der Waals surface area contributed by atoms with Gasteiger partial charge in [0.25, 0.3) is 0 Å². The molecule has 0 saturated heterocycles. The molecule has 0 unspecified atom stereocenters. The molecule has 1 N–H and O–H groups in total. The van der Waals surface area contributed by atoms with Crippen LogP contribution in [0.1, 0.15) is 25.7 Å². The average molecular weight is 258 g/mol. The molecule has 1 aromatic heterocycles. The predicted octanol–water partition coefficient (Wildman–Crippen LogP) is 2.92. The van der Waals surface area contributed by atoms with Crippen LogP contribution in [0.15, 0.2) is 30.5 Å². The van der Waals surface area contributed by atoms with Crippen LogP contribution in [0.3, 0.4) is 0 Å². The highest BCUT2D eigenvalue weighted by Gasteiger charge is 2.24. The Morgan fingerprint density at radius 1 is 1.16 bits per heavy atom. The van der Waals surface area contributed by atoms with Crippen LogP contribution in [0.4, 0.5) is 5.69 Å². The third kappa shape index (κ3) is 2.23. The Hall–Kier alpha value is -1.48. The minimum Gasteiger partial charge on any atom is -0.393 e. The maximum atomic E-state index is 9.63. The van der Waals surface area contributed by atoms with Gasteiger partial charge in [-0.05, 0) is 31.7 Å². The van der Waals surface area contributed by atoms with E-state index in [9.17, 15) is 5.11 Å². The molecule has 3 rings (SSSR count). The summed E-state index contributed by atoms with van der Waals surface area (Å²) in [4.78, 5) is 2.40. The molecule has 0 amide bonds. The number of rotatable bonds is 2. The smallest absolute Gasteiger partial charge is 0.0625 e. The first-order valence-electron chi connectivity index (χ1n) is 7.12. The van der Waals surface area contributed by atoms with E-state index in [1.54, 1.807) is 0 Å². The van der Waals surface area contributed by atoms with Crippen LogP contribution in [0.25, 0.3) is 10.9 Å². The van der Waals surface area contributed by atoms with Gasteiger partial charge in [-0.3, -0.25) is 0 Å². The van der Waals surface area contributed by atoms with E-state index in [2.05, 4.69) is 54.0 Å². The second-order valence-electron chi connectivity index (χ2n) is 5.72. The number of aliphatic hydroxyl groups excluding tert-OH is 1. The van der Waals surface area contributed by atoms with Crippen LogP contribution in [0, 0.1) is 0 Å². The normalized spacial score (nSPS) is 23.7.